The maximum absolute atomic E-state index is 5.65. The molecule has 3 unspecified atom stereocenters. The lowest BCUT2D eigenvalue weighted by molar-refractivity contribution is 0.0881. The second-order valence-corrected chi connectivity index (χ2v) is 4.91. The topological polar surface area (TPSA) is 24.5 Å². The molecular formula is C11H20N2O. The summed E-state index contributed by atoms with van der Waals surface area (Å²) in [6.45, 7) is 4.75. The molecule has 0 aliphatic carbocycles. The van der Waals surface area contributed by atoms with Crippen molar-refractivity contribution in [2.24, 2.45) is 0 Å². The highest BCUT2D eigenvalue weighted by Gasteiger charge is 2.37. The first-order valence-corrected chi connectivity index (χ1v) is 6.01. The summed E-state index contributed by atoms with van der Waals surface area (Å²) >= 11 is 0. The molecule has 0 radical (unpaired) electrons. The Balaban J connectivity index is 1.44. The molecule has 3 fully saturated rings. The van der Waals surface area contributed by atoms with E-state index in [0.29, 0.717) is 6.10 Å². The van der Waals surface area contributed by atoms with Gasteiger partial charge in [-0.2, -0.15) is 0 Å². The van der Waals surface area contributed by atoms with E-state index in [1.807, 2.05) is 0 Å². The molecule has 0 spiro atoms. The van der Waals surface area contributed by atoms with Gasteiger partial charge in [-0.3, -0.25) is 4.90 Å². The lowest BCUT2D eigenvalue weighted by Gasteiger charge is -2.27. The number of fused-ring (bicyclic) bond motifs is 2. The zero-order valence-corrected chi connectivity index (χ0v) is 8.74. The molecule has 3 nitrogen and oxygen atoms in total. The van der Waals surface area contributed by atoms with Crippen LogP contribution in [0, 0.1) is 0 Å². The summed E-state index contributed by atoms with van der Waals surface area (Å²) < 4.78 is 5.65. The predicted molar refractivity (Wildman–Crippen MR) is 55.4 cm³/mol. The molecule has 14 heavy (non-hydrogen) atoms. The molecule has 80 valence electrons. The van der Waals surface area contributed by atoms with Crippen molar-refractivity contribution < 1.29 is 4.74 Å². The van der Waals surface area contributed by atoms with Gasteiger partial charge in [-0.25, -0.2) is 0 Å². The highest BCUT2D eigenvalue weighted by Crippen LogP contribution is 2.24. The van der Waals surface area contributed by atoms with Gasteiger partial charge in [0, 0.05) is 38.3 Å². The van der Waals surface area contributed by atoms with Crippen LogP contribution in [0.2, 0.25) is 0 Å². The maximum Gasteiger partial charge on any atom is 0.0588 e. The first-order valence-electron chi connectivity index (χ1n) is 6.01. The fraction of sp³-hybridized carbons (Fsp3) is 1.00. The van der Waals surface area contributed by atoms with Crippen LogP contribution in [0.15, 0.2) is 0 Å². The lowest BCUT2D eigenvalue weighted by atomic mass is 10.1. The van der Waals surface area contributed by atoms with Crippen LogP contribution in [-0.4, -0.2) is 49.3 Å². The van der Waals surface area contributed by atoms with Crippen molar-refractivity contribution in [2.75, 3.05) is 26.2 Å². The minimum Gasteiger partial charge on any atom is -0.378 e. The third kappa shape index (κ3) is 1.69. The normalized spacial score (nSPS) is 42.4. The number of piperazine rings is 1. The Bertz CT molecular complexity index is 203. The fourth-order valence-corrected chi connectivity index (χ4v) is 3.10. The molecule has 3 heteroatoms. The van der Waals surface area contributed by atoms with Crippen LogP contribution in [-0.2, 0) is 4.74 Å². The molecule has 3 aliphatic heterocycles. The Kier molecular flexibility index (Phi) is 2.48. The predicted octanol–water partition coefficient (Wildman–Crippen LogP) is 0.602. The average molecular weight is 196 g/mol. The Labute approximate surface area is 85.8 Å². The quantitative estimate of drug-likeness (QED) is 0.715. The number of nitrogens with zero attached hydrogens (tertiary/aromatic N) is 1. The van der Waals surface area contributed by atoms with E-state index >= 15 is 0 Å². The van der Waals surface area contributed by atoms with Crippen LogP contribution in [0.3, 0.4) is 0 Å². The lowest BCUT2D eigenvalue weighted by Crippen LogP contribution is -2.44. The van der Waals surface area contributed by atoms with E-state index in [0.717, 1.165) is 18.7 Å². The molecule has 3 atom stereocenters. The molecule has 0 aromatic heterocycles. The smallest absolute Gasteiger partial charge is 0.0588 e. The summed E-state index contributed by atoms with van der Waals surface area (Å²) in [7, 11) is 0. The SMILES string of the molecule is C1COC(CCN2CC3CC2CN3)C1. The highest BCUT2D eigenvalue weighted by atomic mass is 16.5. The second-order valence-electron chi connectivity index (χ2n) is 4.91. The molecule has 2 bridgehead atoms. The summed E-state index contributed by atoms with van der Waals surface area (Å²) in [4.78, 5) is 2.66. The second kappa shape index (κ2) is 3.80. The Hall–Kier alpha value is -0.120. The van der Waals surface area contributed by atoms with Crippen molar-refractivity contribution in [3.8, 4) is 0 Å². The summed E-state index contributed by atoms with van der Waals surface area (Å²) in [5, 5.41) is 3.54. The van der Waals surface area contributed by atoms with Crippen molar-refractivity contribution in [1.82, 2.24) is 10.2 Å². The van der Waals surface area contributed by atoms with E-state index in [9.17, 15) is 0 Å². The molecule has 0 amide bonds. The fourth-order valence-electron chi connectivity index (χ4n) is 3.10. The summed E-state index contributed by atoms with van der Waals surface area (Å²) in [6.07, 6.45) is 5.77. The Morgan fingerprint density at radius 2 is 2.43 bits per heavy atom. The van der Waals surface area contributed by atoms with Gasteiger partial charge in [0.15, 0.2) is 0 Å². The first-order chi connectivity index (χ1) is 6.92. The number of hydrogen-bond acceptors (Lipinski definition) is 3. The Morgan fingerprint density at radius 1 is 1.43 bits per heavy atom. The molecule has 3 saturated heterocycles. The van der Waals surface area contributed by atoms with Crippen molar-refractivity contribution in [3.63, 3.8) is 0 Å². The monoisotopic (exact) mass is 196 g/mol. The average Bonchev–Trinajstić information content (AvgIpc) is 2.91. The standard InChI is InChI=1S/C11H20N2O/c1-2-11(14-5-1)3-4-13-8-9-6-10(13)7-12-9/h9-12H,1-8H2. The van der Waals surface area contributed by atoms with Crippen LogP contribution in [0.25, 0.3) is 0 Å². The molecule has 3 heterocycles. The van der Waals surface area contributed by atoms with E-state index in [2.05, 4.69) is 10.2 Å². The van der Waals surface area contributed by atoms with Crippen LogP contribution in [0.4, 0.5) is 0 Å². The van der Waals surface area contributed by atoms with E-state index in [-0.39, 0.29) is 0 Å². The third-order valence-electron chi connectivity index (χ3n) is 3.93. The van der Waals surface area contributed by atoms with Crippen molar-refractivity contribution in [1.29, 1.82) is 0 Å². The van der Waals surface area contributed by atoms with E-state index in [1.165, 1.54) is 45.3 Å². The van der Waals surface area contributed by atoms with Gasteiger partial charge in [0.2, 0.25) is 0 Å². The van der Waals surface area contributed by atoms with Gasteiger partial charge in [-0.05, 0) is 25.7 Å². The number of ether oxygens (including phenoxy) is 1. The van der Waals surface area contributed by atoms with Gasteiger partial charge in [0.1, 0.15) is 0 Å². The van der Waals surface area contributed by atoms with Crippen molar-refractivity contribution in [2.45, 2.75) is 43.9 Å². The number of likely N-dealkylation sites (tertiary alicyclic amines) is 1. The van der Waals surface area contributed by atoms with Gasteiger partial charge in [-0.1, -0.05) is 0 Å². The largest absolute Gasteiger partial charge is 0.378 e. The van der Waals surface area contributed by atoms with Gasteiger partial charge in [0.25, 0.3) is 0 Å². The summed E-state index contributed by atoms with van der Waals surface area (Å²) in [5.74, 6) is 0. The number of rotatable bonds is 3. The number of hydrogen-bond donors (Lipinski definition) is 1. The molecule has 1 N–H and O–H groups in total. The van der Waals surface area contributed by atoms with E-state index < -0.39 is 0 Å². The minimum atomic E-state index is 0.571. The van der Waals surface area contributed by atoms with Gasteiger partial charge in [-0.15, -0.1) is 0 Å². The summed E-state index contributed by atoms with van der Waals surface area (Å²) in [5.41, 5.74) is 0. The molecule has 3 aliphatic rings. The minimum absolute atomic E-state index is 0.571. The molecule has 3 rings (SSSR count). The zero-order valence-electron chi connectivity index (χ0n) is 8.74. The summed E-state index contributed by atoms with van der Waals surface area (Å²) in [6, 6.07) is 1.63. The van der Waals surface area contributed by atoms with Crippen LogP contribution in [0.1, 0.15) is 25.7 Å². The first kappa shape index (κ1) is 9.13. The molecule has 0 aromatic carbocycles. The molecule has 0 saturated carbocycles. The van der Waals surface area contributed by atoms with Crippen molar-refractivity contribution >= 4 is 0 Å². The van der Waals surface area contributed by atoms with Crippen LogP contribution >= 0.6 is 0 Å². The zero-order chi connectivity index (χ0) is 9.38. The highest BCUT2D eigenvalue weighted by molar-refractivity contribution is 4.97. The van der Waals surface area contributed by atoms with Crippen LogP contribution in [0.5, 0.6) is 0 Å². The van der Waals surface area contributed by atoms with Gasteiger partial charge < -0.3 is 10.1 Å². The van der Waals surface area contributed by atoms with E-state index in [1.54, 1.807) is 0 Å². The molecule has 0 aromatic rings. The third-order valence-corrected chi connectivity index (χ3v) is 3.93. The number of nitrogens with one attached hydrogen (secondary N) is 1. The van der Waals surface area contributed by atoms with Crippen molar-refractivity contribution in [3.05, 3.63) is 0 Å². The molecular weight excluding hydrogens is 176 g/mol. The van der Waals surface area contributed by atoms with Gasteiger partial charge >= 0.3 is 0 Å². The Morgan fingerprint density at radius 3 is 3.07 bits per heavy atom. The maximum atomic E-state index is 5.65. The van der Waals surface area contributed by atoms with Gasteiger partial charge in [0.05, 0.1) is 6.10 Å². The van der Waals surface area contributed by atoms with E-state index in [4.69, 9.17) is 4.74 Å². The van der Waals surface area contributed by atoms with Crippen LogP contribution < -0.4 is 5.32 Å².